The zero-order valence-electron chi connectivity index (χ0n) is 12.2. The molecule has 2 aromatic rings. The fourth-order valence-corrected chi connectivity index (χ4v) is 3.11. The van der Waals surface area contributed by atoms with Gasteiger partial charge in [0, 0.05) is 24.7 Å². The van der Waals surface area contributed by atoms with Gasteiger partial charge < -0.3 is 10.6 Å². The predicted octanol–water partition coefficient (Wildman–Crippen LogP) is 2.44. The van der Waals surface area contributed by atoms with E-state index in [1.165, 1.54) is 0 Å². The van der Waals surface area contributed by atoms with Gasteiger partial charge in [0.05, 0.1) is 11.1 Å². The Hall–Kier alpha value is -1.94. The standard InChI is InChI=1S/C17H21N3O/c18-9-6-13-7-11-20(12-8-13)17(21)15-5-1-3-14-4-2-10-19-16(14)15/h1-5,10,13H,6-9,11-12,18H2. The molecule has 2 N–H and O–H groups in total. The molecule has 0 saturated carbocycles. The minimum absolute atomic E-state index is 0.102. The summed E-state index contributed by atoms with van der Waals surface area (Å²) in [5.74, 6) is 0.773. The van der Waals surface area contributed by atoms with Crippen LogP contribution in [0.4, 0.5) is 0 Å². The molecule has 1 amide bonds. The molecule has 0 unspecified atom stereocenters. The van der Waals surface area contributed by atoms with Crippen LogP contribution in [0.2, 0.25) is 0 Å². The average molecular weight is 283 g/mol. The van der Waals surface area contributed by atoms with Gasteiger partial charge in [-0.3, -0.25) is 9.78 Å². The molecule has 0 atom stereocenters. The van der Waals surface area contributed by atoms with Crippen molar-refractivity contribution >= 4 is 16.8 Å². The zero-order valence-corrected chi connectivity index (χ0v) is 12.2. The fourth-order valence-electron chi connectivity index (χ4n) is 3.11. The highest BCUT2D eigenvalue weighted by Gasteiger charge is 2.24. The number of rotatable bonds is 3. The monoisotopic (exact) mass is 283 g/mol. The summed E-state index contributed by atoms with van der Waals surface area (Å²) in [6, 6.07) is 9.69. The van der Waals surface area contributed by atoms with Crippen LogP contribution in [-0.4, -0.2) is 35.4 Å². The van der Waals surface area contributed by atoms with E-state index in [1.807, 2.05) is 35.2 Å². The SMILES string of the molecule is NCCC1CCN(C(=O)c2cccc3cccnc23)CC1. The number of carbonyl (C=O) groups is 1. The van der Waals surface area contributed by atoms with Crippen molar-refractivity contribution in [2.24, 2.45) is 11.7 Å². The highest BCUT2D eigenvalue weighted by atomic mass is 16.2. The van der Waals surface area contributed by atoms with E-state index in [-0.39, 0.29) is 5.91 Å². The molecule has 21 heavy (non-hydrogen) atoms. The van der Waals surface area contributed by atoms with E-state index < -0.39 is 0 Å². The largest absolute Gasteiger partial charge is 0.339 e. The predicted molar refractivity (Wildman–Crippen MR) is 84.0 cm³/mol. The van der Waals surface area contributed by atoms with Crippen molar-refractivity contribution < 1.29 is 4.79 Å². The lowest BCUT2D eigenvalue weighted by atomic mass is 9.93. The van der Waals surface area contributed by atoms with Gasteiger partial charge in [0.1, 0.15) is 0 Å². The van der Waals surface area contributed by atoms with Crippen LogP contribution < -0.4 is 5.73 Å². The molecule has 4 heteroatoms. The number of aromatic nitrogens is 1. The van der Waals surface area contributed by atoms with Gasteiger partial charge in [-0.1, -0.05) is 18.2 Å². The maximum atomic E-state index is 12.7. The summed E-state index contributed by atoms with van der Waals surface area (Å²) in [4.78, 5) is 19.1. The number of hydrogen-bond acceptors (Lipinski definition) is 3. The van der Waals surface area contributed by atoms with Crippen molar-refractivity contribution in [1.29, 1.82) is 0 Å². The van der Waals surface area contributed by atoms with Gasteiger partial charge in [0.15, 0.2) is 0 Å². The van der Waals surface area contributed by atoms with Crippen molar-refractivity contribution in [3.05, 3.63) is 42.1 Å². The van der Waals surface area contributed by atoms with Gasteiger partial charge in [0.25, 0.3) is 5.91 Å². The number of pyridine rings is 1. The summed E-state index contributed by atoms with van der Waals surface area (Å²) >= 11 is 0. The van der Waals surface area contributed by atoms with E-state index in [0.717, 1.165) is 49.8 Å². The lowest BCUT2D eigenvalue weighted by molar-refractivity contribution is 0.0689. The van der Waals surface area contributed by atoms with Crippen molar-refractivity contribution in [3.8, 4) is 0 Å². The Morgan fingerprint density at radius 3 is 2.76 bits per heavy atom. The molecule has 3 rings (SSSR count). The first-order chi connectivity index (χ1) is 10.3. The molecule has 110 valence electrons. The number of para-hydroxylation sites is 1. The third-order valence-corrected chi connectivity index (χ3v) is 4.34. The van der Waals surface area contributed by atoms with E-state index in [2.05, 4.69) is 4.98 Å². The van der Waals surface area contributed by atoms with Gasteiger partial charge in [0.2, 0.25) is 0 Å². The average Bonchev–Trinajstić information content (AvgIpc) is 2.55. The maximum Gasteiger partial charge on any atom is 0.256 e. The molecular formula is C17H21N3O. The molecule has 4 nitrogen and oxygen atoms in total. The molecule has 0 spiro atoms. The Bertz CT molecular complexity index is 627. The van der Waals surface area contributed by atoms with E-state index in [1.54, 1.807) is 6.20 Å². The first kappa shape index (κ1) is 14.0. The normalized spacial score (nSPS) is 16.3. The molecule has 1 aliphatic heterocycles. The number of benzene rings is 1. The smallest absolute Gasteiger partial charge is 0.256 e. The first-order valence-electron chi connectivity index (χ1n) is 7.62. The van der Waals surface area contributed by atoms with Crippen LogP contribution in [0.25, 0.3) is 10.9 Å². The lowest BCUT2D eigenvalue weighted by Crippen LogP contribution is -2.39. The topological polar surface area (TPSA) is 59.2 Å². The molecule has 1 saturated heterocycles. The van der Waals surface area contributed by atoms with Crippen LogP contribution in [0.5, 0.6) is 0 Å². The number of nitrogens with zero attached hydrogens (tertiary/aromatic N) is 2. The highest BCUT2D eigenvalue weighted by Crippen LogP contribution is 2.23. The van der Waals surface area contributed by atoms with Crippen molar-refractivity contribution in [2.75, 3.05) is 19.6 Å². The summed E-state index contributed by atoms with van der Waals surface area (Å²) in [6.07, 6.45) is 4.92. The van der Waals surface area contributed by atoms with Crippen LogP contribution in [0.1, 0.15) is 29.6 Å². The Labute approximate surface area is 125 Å². The van der Waals surface area contributed by atoms with Gasteiger partial charge in [-0.15, -0.1) is 0 Å². The zero-order chi connectivity index (χ0) is 14.7. The van der Waals surface area contributed by atoms with Crippen LogP contribution in [0.3, 0.4) is 0 Å². The molecule has 2 heterocycles. The first-order valence-corrected chi connectivity index (χ1v) is 7.62. The second kappa shape index (κ2) is 6.22. The third kappa shape index (κ3) is 2.90. The van der Waals surface area contributed by atoms with Crippen molar-refractivity contribution in [2.45, 2.75) is 19.3 Å². The summed E-state index contributed by atoms with van der Waals surface area (Å²) in [5.41, 5.74) is 7.13. The Morgan fingerprint density at radius 2 is 2.00 bits per heavy atom. The van der Waals surface area contributed by atoms with E-state index in [4.69, 9.17) is 5.73 Å². The molecule has 0 bridgehead atoms. The number of hydrogen-bond donors (Lipinski definition) is 1. The number of likely N-dealkylation sites (tertiary alicyclic amines) is 1. The second-order valence-electron chi connectivity index (χ2n) is 5.69. The van der Waals surface area contributed by atoms with Gasteiger partial charge in [-0.2, -0.15) is 0 Å². The van der Waals surface area contributed by atoms with Crippen molar-refractivity contribution in [1.82, 2.24) is 9.88 Å². The number of fused-ring (bicyclic) bond motifs is 1. The number of nitrogens with two attached hydrogens (primary N) is 1. The summed E-state index contributed by atoms with van der Waals surface area (Å²) in [5, 5.41) is 1.02. The Balaban J connectivity index is 1.79. The molecule has 1 aromatic carbocycles. The van der Waals surface area contributed by atoms with E-state index in [9.17, 15) is 4.79 Å². The van der Waals surface area contributed by atoms with Crippen LogP contribution in [0, 0.1) is 5.92 Å². The molecular weight excluding hydrogens is 262 g/mol. The second-order valence-corrected chi connectivity index (χ2v) is 5.69. The van der Waals surface area contributed by atoms with Crippen LogP contribution >= 0.6 is 0 Å². The molecule has 0 aliphatic carbocycles. The van der Waals surface area contributed by atoms with Gasteiger partial charge in [-0.25, -0.2) is 0 Å². The van der Waals surface area contributed by atoms with Gasteiger partial charge >= 0.3 is 0 Å². The fraction of sp³-hybridized carbons (Fsp3) is 0.412. The minimum Gasteiger partial charge on any atom is -0.339 e. The van der Waals surface area contributed by atoms with Crippen LogP contribution in [-0.2, 0) is 0 Å². The summed E-state index contributed by atoms with van der Waals surface area (Å²) < 4.78 is 0. The summed E-state index contributed by atoms with van der Waals surface area (Å²) in [6.45, 7) is 2.39. The number of carbonyl (C=O) groups excluding carboxylic acids is 1. The molecule has 0 radical (unpaired) electrons. The lowest BCUT2D eigenvalue weighted by Gasteiger charge is -2.32. The highest BCUT2D eigenvalue weighted by molar-refractivity contribution is 6.05. The Morgan fingerprint density at radius 1 is 1.24 bits per heavy atom. The molecule has 1 fully saturated rings. The van der Waals surface area contributed by atoms with Crippen LogP contribution in [0.15, 0.2) is 36.5 Å². The summed E-state index contributed by atoms with van der Waals surface area (Å²) in [7, 11) is 0. The number of piperidine rings is 1. The van der Waals surface area contributed by atoms with E-state index in [0.29, 0.717) is 11.5 Å². The van der Waals surface area contributed by atoms with Gasteiger partial charge in [-0.05, 0) is 43.9 Å². The van der Waals surface area contributed by atoms with E-state index >= 15 is 0 Å². The molecule has 1 aliphatic rings. The Kier molecular flexibility index (Phi) is 4.15. The maximum absolute atomic E-state index is 12.7. The minimum atomic E-state index is 0.102. The van der Waals surface area contributed by atoms with Crippen molar-refractivity contribution in [3.63, 3.8) is 0 Å². The molecule has 1 aromatic heterocycles. The number of amides is 1. The quantitative estimate of drug-likeness (QED) is 0.941. The third-order valence-electron chi connectivity index (χ3n) is 4.34.